The van der Waals surface area contributed by atoms with Crippen LogP contribution >= 0.6 is 11.6 Å². The highest BCUT2D eigenvalue weighted by atomic mass is 35.5. The van der Waals surface area contributed by atoms with E-state index in [1.165, 1.54) is 6.20 Å². The van der Waals surface area contributed by atoms with E-state index in [1.807, 2.05) is 19.1 Å². The maximum Gasteiger partial charge on any atom is 0.285 e. The van der Waals surface area contributed by atoms with Crippen LogP contribution < -0.4 is 10.9 Å². The molecule has 0 aliphatic carbocycles. The third kappa shape index (κ3) is 3.74. The fourth-order valence-corrected chi connectivity index (χ4v) is 2.80. The lowest BCUT2D eigenvalue weighted by molar-refractivity contribution is 0.0143. The Morgan fingerprint density at radius 3 is 2.91 bits per heavy atom. The van der Waals surface area contributed by atoms with Crippen molar-refractivity contribution in [1.82, 2.24) is 15.1 Å². The predicted molar refractivity (Wildman–Crippen MR) is 86.9 cm³/mol. The Morgan fingerprint density at radius 2 is 2.22 bits per heavy atom. The molecule has 1 saturated heterocycles. The Labute approximate surface area is 138 Å². The number of furan rings is 1. The molecular formula is C15H19ClN4O3. The van der Waals surface area contributed by atoms with Gasteiger partial charge in [0.25, 0.3) is 5.56 Å². The van der Waals surface area contributed by atoms with Gasteiger partial charge in [-0.15, -0.1) is 0 Å². The predicted octanol–water partition coefficient (Wildman–Crippen LogP) is 1.81. The number of rotatable bonds is 5. The van der Waals surface area contributed by atoms with Gasteiger partial charge in [0, 0.05) is 19.6 Å². The van der Waals surface area contributed by atoms with Crippen LogP contribution in [-0.4, -0.2) is 47.9 Å². The van der Waals surface area contributed by atoms with Crippen molar-refractivity contribution in [2.45, 2.75) is 13.0 Å². The molecule has 0 spiro atoms. The van der Waals surface area contributed by atoms with Crippen molar-refractivity contribution in [1.29, 1.82) is 0 Å². The zero-order valence-corrected chi connectivity index (χ0v) is 13.6. The summed E-state index contributed by atoms with van der Waals surface area (Å²) in [5.74, 6) is 1.75. The molecule has 3 heterocycles. The number of hydrogen-bond acceptors (Lipinski definition) is 6. The average molecular weight is 339 g/mol. The molecule has 23 heavy (non-hydrogen) atoms. The van der Waals surface area contributed by atoms with Crippen LogP contribution in [0.5, 0.6) is 0 Å². The SMILES string of the molecule is Cc1ccc([C@@H](CNc2cn[nH]c(=O)c2Cl)N2CCOCC2)o1. The fourth-order valence-electron chi connectivity index (χ4n) is 2.64. The highest BCUT2D eigenvalue weighted by Crippen LogP contribution is 2.25. The van der Waals surface area contributed by atoms with Gasteiger partial charge in [-0.2, -0.15) is 5.10 Å². The Morgan fingerprint density at radius 1 is 1.43 bits per heavy atom. The maximum absolute atomic E-state index is 11.5. The molecule has 124 valence electrons. The van der Waals surface area contributed by atoms with Crippen LogP contribution in [0.2, 0.25) is 5.02 Å². The number of ether oxygens (including phenoxy) is 1. The van der Waals surface area contributed by atoms with Gasteiger partial charge in [0.05, 0.1) is 31.1 Å². The standard InChI is InChI=1S/C15H19ClN4O3/c1-10-2-3-13(23-10)12(20-4-6-22-7-5-20)9-17-11-8-18-19-15(21)14(11)16/h2-3,8,12H,4-7,9H2,1H3,(H2,17,19,21)/t12-/m1/s1. The van der Waals surface area contributed by atoms with Gasteiger partial charge >= 0.3 is 0 Å². The lowest BCUT2D eigenvalue weighted by Crippen LogP contribution is -2.41. The summed E-state index contributed by atoms with van der Waals surface area (Å²) in [5.41, 5.74) is 0.102. The van der Waals surface area contributed by atoms with Crippen molar-refractivity contribution >= 4 is 17.3 Å². The third-order valence-corrected chi connectivity index (χ3v) is 4.23. The molecular weight excluding hydrogens is 320 g/mol. The lowest BCUT2D eigenvalue weighted by Gasteiger charge is -2.33. The first-order valence-electron chi connectivity index (χ1n) is 7.50. The first-order chi connectivity index (χ1) is 11.1. The van der Waals surface area contributed by atoms with Crippen LogP contribution in [0.25, 0.3) is 0 Å². The summed E-state index contributed by atoms with van der Waals surface area (Å²) < 4.78 is 11.2. The minimum absolute atomic E-state index is 0.0305. The molecule has 2 aromatic heterocycles. The molecule has 0 bridgehead atoms. The average Bonchev–Trinajstić information content (AvgIpc) is 2.99. The second-order valence-corrected chi connectivity index (χ2v) is 5.80. The molecule has 3 rings (SSSR count). The van der Waals surface area contributed by atoms with E-state index in [2.05, 4.69) is 20.4 Å². The van der Waals surface area contributed by atoms with E-state index in [4.69, 9.17) is 20.8 Å². The van der Waals surface area contributed by atoms with E-state index >= 15 is 0 Å². The Bertz CT molecular complexity index is 709. The van der Waals surface area contributed by atoms with Gasteiger partial charge in [-0.3, -0.25) is 9.69 Å². The number of halogens is 1. The fraction of sp³-hybridized carbons (Fsp3) is 0.467. The zero-order chi connectivity index (χ0) is 16.2. The van der Waals surface area contributed by atoms with E-state index in [0.29, 0.717) is 25.4 Å². The molecule has 0 unspecified atom stereocenters. The molecule has 0 radical (unpaired) electrons. The summed E-state index contributed by atoms with van der Waals surface area (Å²) in [6.45, 7) is 5.52. The molecule has 0 saturated carbocycles. The molecule has 0 aromatic carbocycles. The maximum atomic E-state index is 11.5. The molecule has 1 fully saturated rings. The molecule has 8 heteroatoms. The Hall–Kier alpha value is -1.83. The topological polar surface area (TPSA) is 83.4 Å². The first kappa shape index (κ1) is 16.0. The van der Waals surface area contributed by atoms with Gasteiger partial charge < -0.3 is 14.5 Å². The number of aromatic amines is 1. The zero-order valence-electron chi connectivity index (χ0n) is 12.8. The second-order valence-electron chi connectivity index (χ2n) is 5.42. The number of aromatic nitrogens is 2. The Kier molecular flexibility index (Phi) is 5.00. The van der Waals surface area contributed by atoms with E-state index in [1.54, 1.807) is 0 Å². The highest BCUT2D eigenvalue weighted by molar-refractivity contribution is 6.32. The van der Waals surface area contributed by atoms with Crippen molar-refractivity contribution < 1.29 is 9.15 Å². The van der Waals surface area contributed by atoms with Crippen LogP contribution in [0.15, 0.2) is 27.5 Å². The largest absolute Gasteiger partial charge is 0.465 e. The van der Waals surface area contributed by atoms with Crippen LogP contribution in [0, 0.1) is 6.92 Å². The number of aryl methyl sites for hydroxylation is 1. The van der Waals surface area contributed by atoms with E-state index in [-0.39, 0.29) is 11.1 Å². The van der Waals surface area contributed by atoms with E-state index < -0.39 is 5.56 Å². The molecule has 1 aliphatic rings. The lowest BCUT2D eigenvalue weighted by atomic mass is 10.1. The summed E-state index contributed by atoms with van der Waals surface area (Å²) in [6.07, 6.45) is 1.51. The minimum atomic E-state index is -0.409. The molecule has 0 amide bonds. The summed E-state index contributed by atoms with van der Waals surface area (Å²) in [4.78, 5) is 13.8. The number of anilines is 1. The van der Waals surface area contributed by atoms with Crippen molar-refractivity contribution in [2.24, 2.45) is 0 Å². The van der Waals surface area contributed by atoms with Gasteiger partial charge in [0.1, 0.15) is 16.5 Å². The smallest absolute Gasteiger partial charge is 0.285 e. The molecule has 1 atom stereocenters. The minimum Gasteiger partial charge on any atom is -0.465 e. The van der Waals surface area contributed by atoms with E-state index in [9.17, 15) is 4.79 Å². The van der Waals surface area contributed by atoms with Gasteiger partial charge in [-0.05, 0) is 19.1 Å². The van der Waals surface area contributed by atoms with E-state index in [0.717, 1.165) is 24.6 Å². The molecule has 1 aliphatic heterocycles. The van der Waals surface area contributed by atoms with Gasteiger partial charge in [0.15, 0.2) is 0 Å². The third-order valence-electron chi connectivity index (χ3n) is 3.86. The van der Waals surface area contributed by atoms with Gasteiger partial charge in [0.2, 0.25) is 0 Å². The van der Waals surface area contributed by atoms with Gasteiger partial charge in [-0.25, -0.2) is 5.10 Å². The number of H-pyrrole nitrogens is 1. The van der Waals surface area contributed by atoms with Crippen LogP contribution in [0.4, 0.5) is 5.69 Å². The van der Waals surface area contributed by atoms with Crippen molar-refractivity contribution in [3.63, 3.8) is 0 Å². The second kappa shape index (κ2) is 7.16. The Balaban J connectivity index is 1.78. The van der Waals surface area contributed by atoms with Gasteiger partial charge in [-0.1, -0.05) is 11.6 Å². The first-order valence-corrected chi connectivity index (χ1v) is 7.88. The van der Waals surface area contributed by atoms with Crippen molar-refractivity contribution in [3.8, 4) is 0 Å². The molecule has 2 N–H and O–H groups in total. The van der Waals surface area contributed by atoms with Crippen LogP contribution in [0.3, 0.4) is 0 Å². The highest BCUT2D eigenvalue weighted by Gasteiger charge is 2.25. The molecule has 2 aromatic rings. The molecule has 7 nitrogen and oxygen atoms in total. The summed E-state index contributed by atoms with van der Waals surface area (Å²) >= 11 is 6.01. The monoisotopic (exact) mass is 338 g/mol. The van der Waals surface area contributed by atoms with Crippen LogP contribution in [0.1, 0.15) is 17.6 Å². The normalized spacial score (nSPS) is 17.1. The van der Waals surface area contributed by atoms with Crippen molar-refractivity contribution in [2.75, 3.05) is 38.2 Å². The number of nitrogens with one attached hydrogen (secondary N) is 2. The number of hydrogen-bond donors (Lipinski definition) is 2. The quantitative estimate of drug-likeness (QED) is 0.865. The number of morpholine rings is 1. The summed E-state index contributed by atoms with van der Waals surface area (Å²) in [6, 6.07) is 3.96. The summed E-state index contributed by atoms with van der Waals surface area (Å²) in [5, 5.41) is 9.38. The van der Waals surface area contributed by atoms with Crippen molar-refractivity contribution in [3.05, 3.63) is 45.2 Å². The van der Waals surface area contributed by atoms with Crippen LogP contribution in [-0.2, 0) is 4.74 Å². The summed E-state index contributed by atoms with van der Waals surface area (Å²) in [7, 11) is 0. The number of nitrogens with zero attached hydrogens (tertiary/aromatic N) is 2.